The molecule has 0 aliphatic heterocycles. The summed E-state index contributed by atoms with van der Waals surface area (Å²) < 4.78 is 5.77. The lowest BCUT2D eigenvalue weighted by molar-refractivity contribution is 0.529. The summed E-state index contributed by atoms with van der Waals surface area (Å²) in [4.78, 5) is 14.3. The fourth-order valence-corrected chi connectivity index (χ4v) is 3.83. The van der Waals surface area contributed by atoms with E-state index in [9.17, 15) is 4.79 Å². The molecule has 0 saturated carbocycles. The second-order valence-corrected chi connectivity index (χ2v) is 7.71. The van der Waals surface area contributed by atoms with Crippen LogP contribution in [0.25, 0.3) is 33.6 Å². The van der Waals surface area contributed by atoms with Gasteiger partial charge in [-0.1, -0.05) is 73.7 Å². The van der Waals surface area contributed by atoms with Gasteiger partial charge in [-0.2, -0.15) is 0 Å². The van der Waals surface area contributed by atoms with Crippen molar-refractivity contribution < 1.29 is 4.42 Å². The van der Waals surface area contributed by atoms with Gasteiger partial charge < -0.3 is 4.42 Å². The quantitative estimate of drug-likeness (QED) is 0.342. The van der Waals surface area contributed by atoms with Gasteiger partial charge in [0.15, 0.2) is 0 Å². The maximum Gasteiger partial charge on any atom is 0.344 e. The average molecular weight is 399 g/mol. The molecule has 0 saturated heterocycles. The molecule has 0 atom stereocenters. The largest absolute Gasteiger partial charge is 0.422 e. The minimum Gasteiger partial charge on any atom is -0.422 e. The summed E-state index contributed by atoms with van der Waals surface area (Å²) in [6.07, 6.45) is 3.03. The lowest BCUT2D eigenvalue weighted by Crippen LogP contribution is -2.06. The smallest absolute Gasteiger partial charge is 0.344 e. The summed E-state index contributed by atoms with van der Waals surface area (Å²) in [5, 5.41) is 0. The lowest BCUT2D eigenvalue weighted by atomic mass is 9.95. The summed E-state index contributed by atoms with van der Waals surface area (Å²) in [7, 11) is 0. The van der Waals surface area contributed by atoms with Gasteiger partial charge in [0.05, 0.1) is 5.56 Å². The van der Waals surface area contributed by atoms with E-state index in [2.05, 4.69) is 49.6 Å². The summed E-state index contributed by atoms with van der Waals surface area (Å²) in [5.41, 5.74) is 5.17. The first-order chi connectivity index (χ1) is 14.2. The Bertz CT molecular complexity index is 1160. The molecule has 4 aromatic rings. The predicted molar refractivity (Wildman–Crippen MR) is 122 cm³/mol. The number of rotatable bonds is 5. The van der Waals surface area contributed by atoms with Gasteiger partial charge in [0, 0.05) is 16.0 Å². The van der Waals surface area contributed by atoms with E-state index in [1.54, 1.807) is 11.8 Å². The first-order valence-corrected chi connectivity index (χ1v) is 10.9. The van der Waals surface area contributed by atoms with Crippen LogP contribution in [0.4, 0.5) is 0 Å². The molecule has 0 amide bonds. The number of hydrogen-bond donors (Lipinski definition) is 0. The highest BCUT2D eigenvalue weighted by Crippen LogP contribution is 2.34. The van der Waals surface area contributed by atoms with E-state index in [0.717, 1.165) is 28.7 Å². The van der Waals surface area contributed by atoms with Crippen molar-refractivity contribution in [1.82, 2.24) is 0 Å². The average Bonchev–Trinajstić information content (AvgIpc) is 2.79. The topological polar surface area (TPSA) is 30.2 Å². The molecule has 1 heterocycles. The van der Waals surface area contributed by atoms with Crippen LogP contribution in [0.1, 0.15) is 12.5 Å². The van der Waals surface area contributed by atoms with Gasteiger partial charge >= 0.3 is 5.63 Å². The van der Waals surface area contributed by atoms with Crippen molar-refractivity contribution in [2.24, 2.45) is 0 Å². The fourth-order valence-electron chi connectivity index (χ4n) is 3.42. The van der Waals surface area contributed by atoms with E-state index >= 15 is 0 Å². The molecule has 0 unspecified atom stereocenters. The molecule has 0 bridgehead atoms. The van der Waals surface area contributed by atoms with Gasteiger partial charge in [0.1, 0.15) is 5.76 Å². The highest BCUT2D eigenvalue weighted by molar-refractivity contribution is 7.98. The van der Waals surface area contributed by atoms with Crippen molar-refractivity contribution in [1.29, 1.82) is 0 Å². The van der Waals surface area contributed by atoms with Crippen LogP contribution in [-0.4, -0.2) is 6.26 Å². The van der Waals surface area contributed by atoms with Gasteiger partial charge in [-0.05, 0) is 47.6 Å². The van der Waals surface area contributed by atoms with Crippen molar-refractivity contribution in [3.8, 4) is 33.6 Å². The number of aryl methyl sites for hydroxylation is 1. The second kappa shape index (κ2) is 8.54. The SMILES string of the molecule is CCc1ccc(-c2cc(-c3ccc(SC)cc3)c(-c3ccccc3)c(=O)o2)cc1. The highest BCUT2D eigenvalue weighted by Gasteiger charge is 2.16. The third-order valence-corrected chi connectivity index (χ3v) is 5.81. The van der Waals surface area contributed by atoms with Crippen LogP contribution < -0.4 is 5.63 Å². The van der Waals surface area contributed by atoms with Gasteiger partial charge in [0.2, 0.25) is 0 Å². The molecule has 3 heteroatoms. The molecular weight excluding hydrogens is 376 g/mol. The molecule has 3 aromatic carbocycles. The van der Waals surface area contributed by atoms with Crippen molar-refractivity contribution in [2.45, 2.75) is 18.2 Å². The second-order valence-electron chi connectivity index (χ2n) is 6.83. The Kier molecular flexibility index (Phi) is 5.68. The van der Waals surface area contributed by atoms with Crippen LogP contribution in [0.15, 0.2) is 99.0 Å². The Morgan fingerprint density at radius 1 is 0.793 bits per heavy atom. The Morgan fingerprint density at radius 3 is 2.07 bits per heavy atom. The van der Waals surface area contributed by atoms with Gasteiger partial charge in [-0.3, -0.25) is 0 Å². The van der Waals surface area contributed by atoms with Crippen molar-refractivity contribution in [2.75, 3.05) is 6.26 Å². The first-order valence-electron chi connectivity index (χ1n) is 9.67. The molecule has 0 aliphatic carbocycles. The fraction of sp³-hybridized carbons (Fsp3) is 0.115. The Morgan fingerprint density at radius 2 is 1.45 bits per heavy atom. The molecule has 29 heavy (non-hydrogen) atoms. The maximum atomic E-state index is 13.1. The molecule has 0 spiro atoms. The maximum absolute atomic E-state index is 13.1. The van der Waals surface area contributed by atoms with Crippen LogP contribution >= 0.6 is 11.8 Å². The van der Waals surface area contributed by atoms with Gasteiger partial charge in [-0.15, -0.1) is 11.8 Å². The van der Waals surface area contributed by atoms with Crippen LogP contribution in [0.5, 0.6) is 0 Å². The zero-order valence-corrected chi connectivity index (χ0v) is 17.3. The molecule has 0 radical (unpaired) electrons. The zero-order chi connectivity index (χ0) is 20.2. The van der Waals surface area contributed by atoms with Gasteiger partial charge in [0.25, 0.3) is 0 Å². The van der Waals surface area contributed by atoms with E-state index in [0.29, 0.717) is 11.3 Å². The molecular formula is C26H22O2S. The van der Waals surface area contributed by atoms with Crippen LogP contribution in [0.2, 0.25) is 0 Å². The van der Waals surface area contributed by atoms with E-state index in [-0.39, 0.29) is 5.63 Å². The summed E-state index contributed by atoms with van der Waals surface area (Å²) in [6.45, 7) is 2.13. The lowest BCUT2D eigenvalue weighted by Gasteiger charge is -2.12. The zero-order valence-electron chi connectivity index (χ0n) is 16.5. The van der Waals surface area contributed by atoms with Crippen molar-refractivity contribution in [3.05, 3.63) is 101 Å². The van der Waals surface area contributed by atoms with Crippen LogP contribution in [0.3, 0.4) is 0 Å². The van der Waals surface area contributed by atoms with Crippen LogP contribution in [0, 0.1) is 0 Å². The molecule has 144 valence electrons. The molecule has 0 N–H and O–H groups in total. The minimum absolute atomic E-state index is 0.322. The third-order valence-electron chi connectivity index (χ3n) is 5.06. The molecule has 0 aliphatic rings. The van der Waals surface area contributed by atoms with E-state index < -0.39 is 0 Å². The predicted octanol–water partition coefficient (Wildman–Crippen LogP) is 6.93. The molecule has 2 nitrogen and oxygen atoms in total. The molecule has 0 fully saturated rings. The van der Waals surface area contributed by atoms with E-state index in [4.69, 9.17) is 4.42 Å². The summed E-state index contributed by atoms with van der Waals surface area (Å²) in [5.74, 6) is 0.585. The summed E-state index contributed by atoms with van der Waals surface area (Å²) in [6, 6.07) is 28.2. The number of thioether (sulfide) groups is 1. The monoisotopic (exact) mass is 398 g/mol. The highest BCUT2D eigenvalue weighted by atomic mass is 32.2. The number of hydrogen-bond acceptors (Lipinski definition) is 3. The van der Waals surface area contributed by atoms with Crippen molar-refractivity contribution in [3.63, 3.8) is 0 Å². The standard InChI is InChI=1S/C26H22O2S/c1-3-18-9-11-20(12-10-18)24-17-23(19-13-15-22(29-2)16-14-19)25(26(27)28-24)21-7-5-4-6-8-21/h4-17H,3H2,1-2H3. The minimum atomic E-state index is -0.322. The molecule has 1 aromatic heterocycles. The number of benzene rings is 3. The molecule has 4 rings (SSSR count). The van der Waals surface area contributed by atoms with Crippen molar-refractivity contribution >= 4 is 11.8 Å². The van der Waals surface area contributed by atoms with Gasteiger partial charge in [-0.25, -0.2) is 4.79 Å². The van der Waals surface area contributed by atoms with Crippen LogP contribution in [-0.2, 0) is 6.42 Å². The Hall–Kier alpha value is -3.04. The van der Waals surface area contributed by atoms with E-state index in [1.807, 2.05) is 48.5 Å². The first kappa shape index (κ1) is 19.3. The summed E-state index contributed by atoms with van der Waals surface area (Å²) >= 11 is 1.70. The Labute approximate surface area is 175 Å². The normalized spacial score (nSPS) is 10.8. The third kappa shape index (κ3) is 4.06. The van der Waals surface area contributed by atoms with E-state index in [1.165, 1.54) is 10.5 Å². The Balaban J connectivity index is 1.92.